The second-order valence-electron chi connectivity index (χ2n) is 5.08. The fourth-order valence-electron chi connectivity index (χ4n) is 2.34. The monoisotopic (exact) mass is 295 g/mol. The molecule has 0 aliphatic carbocycles. The van der Waals surface area contributed by atoms with E-state index in [1.807, 2.05) is 11.8 Å². The number of nitrogens with one attached hydrogen (secondary N) is 1. The Morgan fingerprint density at radius 2 is 2.20 bits per heavy atom. The molecule has 0 spiro atoms. The SMILES string of the molecule is CCCc1cc(=O)[nH]c(S[C@@H](C)C(=O)N2CCCC2)n1. The van der Waals surface area contributed by atoms with E-state index in [4.69, 9.17) is 0 Å². The van der Waals surface area contributed by atoms with Gasteiger partial charge in [-0.25, -0.2) is 4.98 Å². The molecule has 0 aromatic carbocycles. The topological polar surface area (TPSA) is 66.1 Å². The average Bonchev–Trinajstić information content (AvgIpc) is 2.91. The summed E-state index contributed by atoms with van der Waals surface area (Å²) in [6.45, 7) is 5.63. The zero-order chi connectivity index (χ0) is 14.5. The van der Waals surface area contributed by atoms with Gasteiger partial charge >= 0.3 is 0 Å². The number of carbonyl (C=O) groups is 1. The highest BCUT2D eigenvalue weighted by atomic mass is 32.2. The second kappa shape index (κ2) is 6.92. The molecule has 0 saturated carbocycles. The number of rotatable bonds is 5. The summed E-state index contributed by atoms with van der Waals surface area (Å²) < 4.78 is 0. The van der Waals surface area contributed by atoms with E-state index < -0.39 is 0 Å². The summed E-state index contributed by atoms with van der Waals surface area (Å²) in [5.74, 6) is 0.135. The Kier molecular flexibility index (Phi) is 5.23. The Labute approximate surface area is 123 Å². The van der Waals surface area contributed by atoms with Gasteiger partial charge in [-0.05, 0) is 26.2 Å². The van der Waals surface area contributed by atoms with Crippen molar-refractivity contribution in [1.82, 2.24) is 14.9 Å². The van der Waals surface area contributed by atoms with Crippen LogP contribution in [0.15, 0.2) is 16.0 Å². The molecular weight excluding hydrogens is 274 g/mol. The average molecular weight is 295 g/mol. The summed E-state index contributed by atoms with van der Waals surface area (Å²) in [5, 5.41) is 0.328. The van der Waals surface area contributed by atoms with Gasteiger partial charge in [0.2, 0.25) is 5.91 Å². The number of hydrogen-bond acceptors (Lipinski definition) is 4. The van der Waals surface area contributed by atoms with E-state index in [0.717, 1.165) is 44.5 Å². The maximum atomic E-state index is 12.2. The molecule has 2 heterocycles. The number of carbonyl (C=O) groups excluding carboxylic acids is 1. The predicted molar refractivity (Wildman–Crippen MR) is 80.0 cm³/mol. The van der Waals surface area contributed by atoms with Crippen LogP contribution in [0.3, 0.4) is 0 Å². The highest BCUT2D eigenvalue weighted by Crippen LogP contribution is 2.22. The molecule has 1 aromatic heterocycles. The van der Waals surface area contributed by atoms with Crippen molar-refractivity contribution in [2.24, 2.45) is 0 Å². The van der Waals surface area contributed by atoms with E-state index in [-0.39, 0.29) is 16.7 Å². The third-order valence-corrected chi connectivity index (χ3v) is 4.30. The number of hydrogen-bond donors (Lipinski definition) is 1. The smallest absolute Gasteiger partial charge is 0.251 e. The Hall–Kier alpha value is -1.30. The Balaban J connectivity index is 2.04. The van der Waals surface area contributed by atoms with Gasteiger partial charge in [0.05, 0.1) is 5.25 Å². The molecule has 6 heteroatoms. The lowest BCUT2D eigenvalue weighted by molar-refractivity contribution is -0.129. The van der Waals surface area contributed by atoms with Crippen LogP contribution in [0.4, 0.5) is 0 Å². The molecule has 1 aliphatic heterocycles. The zero-order valence-electron chi connectivity index (χ0n) is 12.0. The first kappa shape index (κ1) is 15.1. The molecule has 1 N–H and O–H groups in total. The summed E-state index contributed by atoms with van der Waals surface area (Å²) in [4.78, 5) is 32.8. The van der Waals surface area contributed by atoms with Crippen LogP contribution in [-0.4, -0.2) is 39.1 Å². The molecular formula is C14H21N3O2S. The molecule has 1 aromatic rings. The molecule has 110 valence electrons. The van der Waals surface area contributed by atoms with Gasteiger partial charge in [-0.15, -0.1) is 0 Å². The highest BCUT2D eigenvalue weighted by molar-refractivity contribution is 8.00. The van der Waals surface area contributed by atoms with Gasteiger partial charge < -0.3 is 9.88 Å². The van der Waals surface area contributed by atoms with Gasteiger partial charge in [-0.2, -0.15) is 0 Å². The molecule has 0 radical (unpaired) electrons. The largest absolute Gasteiger partial charge is 0.342 e. The van der Waals surface area contributed by atoms with Gasteiger partial charge in [0.15, 0.2) is 5.16 Å². The third-order valence-electron chi connectivity index (χ3n) is 3.33. The lowest BCUT2D eigenvalue weighted by atomic mass is 10.2. The normalized spacial score (nSPS) is 16.4. The molecule has 1 saturated heterocycles. The number of aryl methyl sites for hydroxylation is 1. The molecule has 1 aliphatic rings. The molecule has 1 fully saturated rings. The number of aromatic nitrogens is 2. The van der Waals surface area contributed by atoms with Crippen LogP contribution in [-0.2, 0) is 11.2 Å². The van der Waals surface area contributed by atoms with E-state index in [2.05, 4.69) is 16.9 Å². The van der Waals surface area contributed by atoms with Crippen molar-refractivity contribution < 1.29 is 4.79 Å². The van der Waals surface area contributed by atoms with Crippen LogP contribution in [0.1, 0.15) is 38.8 Å². The standard InChI is InChI=1S/C14H21N3O2S/c1-3-6-11-9-12(18)16-14(15-11)20-10(2)13(19)17-7-4-5-8-17/h9-10H,3-8H2,1-2H3,(H,15,16,18)/t10-/m0/s1. The van der Waals surface area contributed by atoms with Crippen LogP contribution in [0.2, 0.25) is 0 Å². The first-order chi connectivity index (χ1) is 9.60. The van der Waals surface area contributed by atoms with Gasteiger partial charge in [0, 0.05) is 24.8 Å². The van der Waals surface area contributed by atoms with Crippen LogP contribution >= 0.6 is 11.8 Å². The van der Waals surface area contributed by atoms with E-state index in [1.165, 1.54) is 17.8 Å². The fourth-order valence-corrected chi connectivity index (χ4v) is 3.25. The van der Waals surface area contributed by atoms with E-state index in [0.29, 0.717) is 5.16 Å². The summed E-state index contributed by atoms with van der Waals surface area (Å²) in [5.41, 5.74) is 0.645. The van der Waals surface area contributed by atoms with Crippen molar-refractivity contribution in [3.05, 3.63) is 22.1 Å². The number of amides is 1. The van der Waals surface area contributed by atoms with Crippen LogP contribution < -0.4 is 5.56 Å². The minimum atomic E-state index is -0.215. The third kappa shape index (κ3) is 3.85. The summed E-state index contributed by atoms with van der Waals surface area (Å²) in [6.07, 6.45) is 3.91. The number of thioether (sulfide) groups is 1. The maximum Gasteiger partial charge on any atom is 0.251 e. The zero-order valence-corrected chi connectivity index (χ0v) is 12.8. The minimum absolute atomic E-state index is 0.135. The van der Waals surface area contributed by atoms with Crippen LogP contribution in [0.25, 0.3) is 0 Å². The first-order valence-electron chi connectivity index (χ1n) is 7.16. The second-order valence-corrected chi connectivity index (χ2v) is 6.41. The summed E-state index contributed by atoms with van der Waals surface area (Å²) >= 11 is 1.33. The number of nitrogens with zero attached hydrogens (tertiary/aromatic N) is 2. The molecule has 0 bridgehead atoms. The molecule has 0 unspecified atom stereocenters. The van der Waals surface area contributed by atoms with Crippen molar-refractivity contribution in [3.63, 3.8) is 0 Å². The molecule has 1 amide bonds. The van der Waals surface area contributed by atoms with E-state index in [9.17, 15) is 9.59 Å². The fraction of sp³-hybridized carbons (Fsp3) is 0.643. The van der Waals surface area contributed by atoms with Crippen LogP contribution in [0, 0.1) is 0 Å². The van der Waals surface area contributed by atoms with Crippen molar-refractivity contribution in [2.75, 3.05) is 13.1 Å². The predicted octanol–water partition coefficient (Wildman–Crippen LogP) is 1.83. The molecule has 2 rings (SSSR count). The lowest BCUT2D eigenvalue weighted by Gasteiger charge is -2.19. The number of H-pyrrole nitrogens is 1. The van der Waals surface area contributed by atoms with Gasteiger partial charge in [0.25, 0.3) is 5.56 Å². The van der Waals surface area contributed by atoms with Gasteiger partial charge in [0.1, 0.15) is 0 Å². The van der Waals surface area contributed by atoms with Crippen molar-refractivity contribution in [2.45, 2.75) is 49.9 Å². The van der Waals surface area contributed by atoms with E-state index >= 15 is 0 Å². The maximum absolute atomic E-state index is 12.2. The Morgan fingerprint density at radius 3 is 2.85 bits per heavy atom. The van der Waals surface area contributed by atoms with Gasteiger partial charge in [-0.1, -0.05) is 25.1 Å². The lowest BCUT2D eigenvalue weighted by Crippen LogP contribution is -2.34. The Bertz CT molecular complexity index is 523. The molecule has 5 nitrogen and oxygen atoms in total. The number of aromatic amines is 1. The Morgan fingerprint density at radius 1 is 1.50 bits per heavy atom. The van der Waals surface area contributed by atoms with Crippen molar-refractivity contribution in [3.8, 4) is 0 Å². The minimum Gasteiger partial charge on any atom is -0.342 e. The molecule has 1 atom stereocenters. The van der Waals surface area contributed by atoms with Crippen molar-refractivity contribution >= 4 is 17.7 Å². The summed E-state index contributed by atoms with van der Waals surface area (Å²) in [7, 11) is 0. The summed E-state index contributed by atoms with van der Waals surface area (Å²) in [6, 6.07) is 1.53. The first-order valence-corrected chi connectivity index (χ1v) is 8.04. The highest BCUT2D eigenvalue weighted by Gasteiger charge is 2.24. The van der Waals surface area contributed by atoms with Crippen molar-refractivity contribution in [1.29, 1.82) is 0 Å². The quantitative estimate of drug-likeness (QED) is 0.665. The van der Waals surface area contributed by atoms with Gasteiger partial charge in [-0.3, -0.25) is 9.59 Å². The molecule has 20 heavy (non-hydrogen) atoms. The van der Waals surface area contributed by atoms with Crippen LogP contribution in [0.5, 0.6) is 0 Å². The van der Waals surface area contributed by atoms with E-state index in [1.54, 1.807) is 0 Å². The number of likely N-dealkylation sites (tertiary alicyclic amines) is 1.